The Balaban J connectivity index is 2.00. The van der Waals surface area contributed by atoms with Gasteiger partial charge in [-0.2, -0.15) is 0 Å². The molecule has 0 bridgehead atoms. The van der Waals surface area contributed by atoms with Crippen molar-refractivity contribution >= 4 is 5.69 Å². The van der Waals surface area contributed by atoms with Gasteiger partial charge in [0.2, 0.25) is 0 Å². The Hall–Kier alpha value is -1.50. The van der Waals surface area contributed by atoms with Gasteiger partial charge in [-0.15, -0.1) is 0 Å². The quantitative estimate of drug-likeness (QED) is 0.645. The number of hydrogen-bond donors (Lipinski definition) is 2. The first-order valence-electron chi connectivity index (χ1n) is 7.47. The van der Waals surface area contributed by atoms with Crippen molar-refractivity contribution in [1.82, 2.24) is 5.32 Å². The number of nitrogens with zero attached hydrogens (tertiary/aromatic N) is 1. The third-order valence-electron chi connectivity index (χ3n) is 4.10. The summed E-state index contributed by atoms with van der Waals surface area (Å²) in [7, 11) is 0. The minimum Gasteiger partial charge on any atom is -0.387 e. The maximum atomic E-state index is 10.8. The second-order valence-electron chi connectivity index (χ2n) is 7.00. The van der Waals surface area contributed by atoms with Crippen LogP contribution in [0.3, 0.4) is 0 Å². The largest absolute Gasteiger partial charge is 0.387 e. The van der Waals surface area contributed by atoms with Gasteiger partial charge >= 0.3 is 0 Å². The number of non-ortho nitro benzene ring substituents is 1. The minimum absolute atomic E-state index is 0.0118. The van der Waals surface area contributed by atoms with Crippen LogP contribution in [0.5, 0.6) is 0 Å². The van der Waals surface area contributed by atoms with Crippen LogP contribution >= 0.6 is 0 Å². The molecular weight excluding hydrogens is 284 g/mol. The summed E-state index contributed by atoms with van der Waals surface area (Å²) in [5.41, 5.74) is 0.0173. The Morgan fingerprint density at radius 3 is 2.68 bits per heavy atom. The summed E-state index contributed by atoms with van der Waals surface area (Å²) in [6, 6.07) is 6.23. The van der Waals surface area contributed by atoms with Crippen molar-refractivity contribution in [1.29, 1.82) is 0 Å². The molecule has 1 saturated heterocycles. The van der Waals surface area contributed by atoms with Crippen molar-refractivity contribution in [2.45, 2.75) is 57.5 Å². The molecule has 1 aliphatic rings. The number of aliphatic hydroxyl groups is 1. The van der Waals surface area contributed by atoms with Gasteiger partial charge in [0, 0.05) is 24.7 Å². The number of rotatable bonds is 5. The predicted molar refractivity (Wildman–Crippen MR) is 83.7 cm³/mol. The van der Waals surface area contributed by atoms with Crippen LogP contribution in [0, 0.1) is 10.1 Å². The first-order chi connectivity index (χ1) is 10.1. The van der Waals surface area contributed by atoms with Crippen LogP contribution in [0.2, 0.25) is 0 Å². The van der Waals surface area contributed by atoms with Gasteiger partial charge in [-0.05, 0) is 39.7 Å². The summed E-state index contributed by atoms with van der Waals surface area (Å²) in [6.07, 6.45) is 0.0567. The number of benzene rings is 1. The highest BCUT2D eigenvalue weighted by Gasteiger charge is 2.45. The van der Waals surface area contributed by atoms with Crippen LogP contribution in [0.15, 0.2) is 24.3 Å². The van der Waals surface area contributed by atoms with Crippen molar-refractivity contribution in [3.8, 4) is 0 Å². The summed E-state index contributed by atoms with van der Waals surface area (Å²) < 4.78 is 6.00. The summed E-state index contributed by atoms with van der Waals surface area (Å²) in [5.74, 6) is 0. The van der Waals surface area contributed by atoms with E-state index in [1.807, 2.05) is 27.7 Å². The van der Waals surface area contributed by atoms with Gasteiger partial charge in [-0.25, -0.2) is 0 Å². The molecule has 6 nitrogen and oxygen atoms in total. The van der Waals surface area contributed by atoms with E-state index >= 15 is 0 Å². The maximum absolute atomic E-state index is 10.8. The molecule has 0 radical (unpaired) electrons. The van der Waals surface area contributed by atoms with Gasteiger partial charge < -0.3 is 15.2 Å². The van der Waals surface area contributed by atoms with Gasteiger partial charge in [0.25, 0.3) is 5.69 Å². The van der Waals surface area contributed by atoms with Crippen LogP contribution in [-0.4, -0.2) is 33.8 Å². The highest BCUT2D eigenvalue weighted by atomic mass is 16.6. The Morgan fingerprint density at radius 2 is 2.14 bits per heavy atom. The van der Waals surface area contributed by atoms with Crippen LogP contribution in [0.4, 0.5) is 5.69 Å². The summed E-state index contributed by atoms with van der Waals surface area (Å²) >= 11 is 0. The number of nitrogens with one attached hydrogen (secondary N) is 1. The molecule has 1 heterocycles. The van der Waals surface area contributed by atoms with Gasteiger partial charge in [0.05, 0.1) is 22.2 Å². The van der Waals surface area contributed by atoms with Crippen LogP contribution in [0.25, 0.3) is 0 Å². The van der Waals surface area contributed by atoms with E-state index in [9.17, 15) is 15.2 Å². The SMILES string of the molecule is CC1(C)C[C@H](NC[C@@H](O)c2cccc([N+](=O)[O-])c2)C(C)(C)O1. The van der Waals surface area contributed by atoms with E-state index in [4.69, 9.17) is 4.74 Å². The maximum Gasteiger partial charge on any atom is 0.269 e. The van der Waals surface area contributed by atoms with Gasteiger partial charge in [-0.1, -0.05) is 12.1 Å². The molecule has 2 atom stereocenters. The molecule has 1 aliphatic heterocycles. The van der Waals surface area contributed by atoms with Crippen molar-refractivity contribution in [2.75, 3.05) is 6.54 Å². The fraction of sp³-hybridized carbons (Fsp3) is 0.625. The molecule has 2 rings (SSSR count). The topological polar surface area (TPSA) is 84.6 Å². The first-order valence-corrected chi connectivity index (χ1v) is 7.47. The molecule has 1 aromatic rings. The Morgan fingerprint density at radius 1 is 1.45 bits per heavy atom. The van der Waals surface area contributed by atoms with Gasteiger partial charge in [0.1, 0.15) is 0 Å². The van der Waals surface area contributed by atoms with Gasteiger partial charge in [0.15, 0.2) is 0 Å². The second kappa shape index (κ2) is 5.95. The molecule has 0 unspecified atom stereocenters. The highest BCUT2D eigenvalue weighted by molar-refractivity contribution is 5.35. The molecule has 22 heavy (non-hydrogen) atoms. The van der Waals surface area contributed by atoms with E-state index in [1.165, 1.54) is 12.1 Å². The number of nitro groups is 1. The Bertz CT molecular complexity index is 557. The standard InChI is InChI=1S/C16H24N2O4/c1-15(2)9-14(16(3,4)22-15)17-10-13(19)11-6-5-7-12(8-11)18(20)21/h5-8,13-14,17,19H,9-10H2,1-4H3/t13-,14+/m1/s1. The summed E-state index contributed by atoms with van der Waals surface area (Å²) in [4.78, 5) is 10.3. The smallest absolute Gasteiger partial charge is 0.269 e. The lowest BCUT2D eigenvalue weighted by Crippen LogP contribution is -2.44. The molecule has 0 spiro atoms. The Kier molecular flexibility index (Phi) is 4.56. The number of hydrogen-bond acceptors (Lipinski definition) is 5. The van der Waals surface area contributed by atoms with Crippen LogP contribution in [-0.2, 0) is 4.74 Å². The van der Waals surface area contributed by atoms with E-state index in [1.54, 1.807) is 12.1 Å². The van der Waals surface area contributed by atoms with Crippen molar-refractivity contribution in [3.63, 3.8) is 0 Å². The third-order valence-corrected chi connectivity index (χ3v) is 4.10. The normalized spacial score (nSPS) is 24.1. The van der Waals surface area contributed by atoms with Crippen LogP contribution < -0.4 is 5.32 Å². The first kappa shape index (κ1) is 16.9. The van der Waals surface area contributed by atoms with E-state index in [0.29, 0.717) is 12.1 Å². The second-order valence-corrected chi connectivity index (χ2v) is 7.00. The lowest BCUT2D eigenvalue weighted by molar-refractivity contribution is -0.385. The summed E-state index contributed by atoms with van der Waals surface area (Å²) in [5, 5.41) is 24.4. The van der Waals surface area contributed by atoms with Crippen molar-refractivity contribution < 1.29 is 14.8 Å². The highest BCUT2D eigenvalue weighted by Crippen LogP contribution is 2.37. The molecule has 6 heteroatoms. The van der Waals surface area contributed by atoms with Crippen molar-refractivity contribution in [2.24, 2.45) is 0 Å². The average Bonchev–Trinajstić information content (AvgIpc) is 2.63. The zero-order chi connectivity index (χ0) is 16.5. The molecule has 0 aliphatic carbocycles. The molecule has 2 N–H and O–H groups in total. The van der Waals surface area contributed by atoms with E-state index < -0.39 is 11.0 Å². The fourth-order valence-electron chi connectivity index (χ4n) is 3.10. The molecule has 0 aromatic heterocycles. The van der Waals surface area contributed by atoms with E-state index in [-0.39, 0.29) is 22.9 Å². The third kappa shape index (κ3) is 3.82. The minimum atomic E-state index is -0.792. The summed E-state index contributed by atoms with van der Waals surface area (Å²) in [6.45, 7) is 8.48. The Labute approximate surface area is 130 Å². The van der Waals surface area contributed by atoms with Crippen molar-refractivity contribution in [3.05, 3.63) is 39.9 Å². The lowest BCUT2D eigenvalue weighted by Gasteiger charge is -2.28. The zero-order valence-electron chi connectivity index (χ0n) is 13.5. The number of ether oxygens (including phenoxy) is 1. The zero-order valence-corrected chi connectivity index (χ0v) is 13.5. The fourth-order valence-corrected chi connectivity index (χ4v) is 3.10. The van der Waals surface area contributed by atoms with E-state index in [0.717, 1.165) is 6.42 Å². The number of nitro benzene ring substituents is 1. The van der Waals surface area contributed by atoms with Gasteiger partial charge in [-0.3, -0.25) is 10.1 Å². The molecule has 1 fully saturated rings. The molecule has 0 amide bonds. The molecule has 122 valence electrons. The number of aliphatic hydroxyl groups excluding tert-OH is 1. The monoisotopic (exact) mass is 308 g/mol. The van der Waals surface area contributed by atoms with Crippen LogP contribution in [0.1, 0.15) is 45.8 Å². The van der Waals surface area contributed by atoms with E-state index in [2.05, 4.69) is 5.32 Å². The molecular formula is C16H24N2O4. The lowest BCUT2D eigenvalue weighted by atomic mass is 9.94. The predicted octanol–water partition coefficient (Wildman–Crippen LogP) is 2.56. The molecule has 1 aromatic carbocycles. The molecule has 0 saturated carbocycles. The average molecular weight is 308 g/mol.